The number of hydrogen-bond acceptors (Lipinski definition) is 5. The van der Waals surface area contributed by atoms with E-state index in [1.54, 1.807) is 4.90 Å². The summed E-state index contributed by atoms with van der Waals surface area (Å²) in [6, 6.07) is 6.24. The van der Waals surface area contributed by atoms with Crippen molar-refractivity contribution in [1.82, 2.24) is 25.0 Å². The van der Waals surface area contributed by atoms with Crippen molar-refractivity contribution in [1.29, 1.82) is 0 Å². The molecule has 8 heteroatoms. The van der Waals surface area contributed by atoms with Gasteiger partial charge in [-0.3, -0.25) is 14.2 Å². The van der Waals surface area contributed by atoms with Crippen LogP contribution in [0.1, 0.15) is 43.6 Å². The van der Waals surface area contributed by atoms with Gasteiger partial charge in [-0.05, 0) is 50.8 Å². The molecule has 2 rings (SSSR count). The summed E-state index contributed by atoms with van der Waals surface area (Å²) < 4.78 is 1.98. The zero-order valence-electron chi connectivity index (χ0n) is 18.0. The first-order chi connectivity index (χ1) is 13.9. The third kappa shape index (κ3) is 6.32. The van der Waals surface area contributed by atoms with Gasteiger partial charge in [0, 0.05) is 13.1 Å². The van der Waals surface area contributed by atoms with Crippen molar-refractivity contribution in [2.45, 2.75) is 52.6 Å². The van der Waals surface area contributed by atoms with Crippen molar-refractivity contribution in [3.05, 3.63) is 35.2 Å². The van der Waals surface area contributed by atoms with Crippen molar-refractivity contribution in [3.8, 4) is 5.69 Å². The van der Waals surface area contributed by atoms with E-state index in [0.29, 0.717) is 18.2 Å². The summed E-state index contributed by atoms with van der Waals surface area (Å²) >= 11 is 1.35. The van der Waals surface area contributed by atoms with Crippen LogP contribution in [0.3, 0.4) is 0 Å². The molecule has 7 nitrogen and oxygen atoms in total. The van der Waals surface area contributed by atoms with Crippen molar-refractivity contribution >= 4 is 23.6 Å². The molecule has 0 spiro atoms. The summed E-state index contributed by atoms with van der Waals surface area (Å²) in [4.78, 5) is 26.4. The highest BCUT2D eigenvalue weighted by molar-refractivity contribution is 7.99. The molecule has 0 fully saturated rings. The van der Waals surface area contributed by atoms with Gasteiger partial charge < -0.3 is 10.2 Å². The number of aromatic nitrogens is 3. The van der Waals surface area contributed by atoms with Crippen molar-refractivity contribution in [3.63, 3.8) is 0 Å². The number of amides is 2. The molecule has 2 aromatic rings. The smallest absolute Gasteiger partial charge is 0.239 e. The predicted octanol–water partition coefficient (Wildman–Crippen LogP) is 3.05. The van der Waals surface area contributed by atoms with Gasteiger partial charge in [0.15, 0.2) is 5.16 Å². The lowest BCUT2D eigenvalue weighted by atomic mass is 10.1. The number of thioether (sulfide) groups is 1. The van der Waals surface area contributed by atoms with Gasteiger partial charge >= 0.3 is 0 Å². The summed E-state index contributed by atoms with van der Waals surface area (Å²) in [7, 11) is 0. The molecule has 0 aliphatic heterocycles. The van der Waals surface area contributed by atoms with Crippen molar-refractivity contribution in [2.75, 3.05) is 25.4 Å². The van der Waals surface area contributed by atoms with E-state index in [9.17, 15) is 9.59 Å². The van der Waals surface area contributed by atoms with Gasteiger partial charge in [-0.25, -0.2) is 0 Å². The normalized spacial score (nSPS) is 10.8. The van der Waals surface area contributed by atoms with Crippen LogP contribution in [0.4, 0.5) is 0 Å². The van der Waals surface area contributed by atoms with E-state index in [1.807, 2.05) is 39.2 Å². The number of aryl methyl sites for hydroxylation is 3. The van der Waals surface area contributed by atoms with E-state index < -0.39 is 0 Å². The lowest BCUT2D eigenvalue weighted by Crippen LogP contribution is -2.42. The largest absolute Gasteiger partial charge is 0.355 e. The van der Waals surface area contributed by atoms with E-state index >= 15 is 0 Å². The molecule has 2 amide bonds. The number of carbonyl (C=O) groups excluding carboxylic acids is 2. The zero-order chi connectivity index (χ0) is 21.4. The minimum atomic E-state index is -0.118. The van der Waals surface area contributed by atoms with Crippen LogP contribution in [0, 0.1) is 20.8 Å². The first kappa shape index (κ1) is 22.9. The summed E-state index contributed by atoms with van der Waals surface area (Å²) in [5.74, 6) is 0.798. The maximum absolute atomic E-state index is 12.8. The van der Waals surface area contributed by atoms with E-state index in [1.165, 1.54) is 11.8 Å². The molecular formula is C21H31N5O2S. The van der Waals surface area contributed by atoms with Crippen LogP contribution in [0.15, 0.2) is 23.4 Å². The summed E-state index contributed by atoms with van der Waals surface area (Å²) in [6.45, 7) is 11.3. The fourth-order valence-corrected chi connectivity index (χ4v) is 3.84. The molecule has 0 aliphatic rings. The topological polar surface area (TPSA) is 80.1 Å². The van der Waals surface area contributed by atoms with Crippen LogP contribution in [-0.2, 0) is 9.59 Å². The second-order valence-electron chi connectivity index (χ2n) is 7.11. The van der Waals surface area contributed by atoms with E-state index in [-0.39, 0.29) is 24.1 Å². The Labute approximate surface area is 177 Å². The molecule has 0 saturated carbocycles. The highest BCUT2D eigenvalue weighted by Gasteiger charge is 2.19. The third-order valence-corrected chi connectivity index (χ3v) is 5.39. The lowest BCUT2D eigenvalue weighted by Gasteiger charge is -2.21. The van der Waals surface area contributed by atoms with Crippen LogP contribution in [0.5, 0.6) is 0 Å². The number of nitrogens with one attached hydrogen (secondary N) is 1. The van der Waals surface area contributed by atoms with Crippen molar-refractivity contribution < 1.29 is 9.59 Å². The number of rotatable bonds is 10. The van der Waals surface area contributed by atoms with Gasteiger partial charge in [-0.2, -0.15) is 0 Å². The minimum absolute atomic E-state index is 0.0725. The highest BCUT2D eigenvalue weighted by atomic mass is 32.2. The average molecular weight is 418 g/mol. The van der Waals surface area contributed by atoms with Crippen LogP contribution in [-0.4, -0.2) is 56.9 Å². The number of carbonyl (C=O) groups is 2. The Morgan fingerprint density at radius 2 is 1.90 bits per heavy atom. The fraction of sp³-hybridized carbons (Fsp3) is 0.524. The van der Waals surface area contributed by atoms with Crippen molar-refractivity contribution in [2.24, 2.45) is 0 Å². The molecule has 0 saturated heterocycles. The molecule has 1 N–H and O–H groups in total. The lowest BCUT2D eigenvalue weighted by molar-refractivity contribution is -0.134. The quantitative estimate of drug-likeness (QED) is 0.601. The third-order valence-electron chi connectivity index (χ3n) is 4.48. The maximum atomic E-state index is 12.8. The van der Waals surface area contributed by atoms with Crippen LogP contribution in [0.25, 0.3) is 5.69 Å². The van der Waals surface area contributed by atoms with E-state index in [4.69, 9.17) is 0 Å². The van der Waals surface area contributed by atoms with Gasteiger partial charge in [0.1, 0.15) is 5.82 Å². The van der Waals surface area contributed by atoms with Gasteiger partial charge in [0.2, 0.25) is 11.8 Å². The SMILES string of the molecule is CCCNC(=O)CN(CCC)C(=O)CSc1nnc(C)n1-c1cc(C)ccc1C. The summed E-state index contributed by atoms with van der Waals surface area (Å²) in [5, 5.41) is 12.0. The highest BCUT2D eigenvalue weighted by Crippen LogP contribution is 2.25. The fourth-order valence-electron chi connectivity index (χ4n) is 2.95. The minimum Gasteiger partial charge on any atom is -0.355 e. The maximum Gasteiger partial charge on any atom is 0.239 e. The average Bonchev–Trinajstić information content (AvgIpc) is 3.06. The molecular weight excluding hydrogens is 386 g/mol. The van der Waals surface area contributed by atoms with E-state index in [2.05, 4.69) is 33.7 Å². The Morgan fingerprint density at radius 3 is 2.59 bits per heavy atom. The molecule has 1 heterocycles. The summed E-state index contributed by atoms with van der Waals surface area (Å²) in [5.41, 5.74) is 3.29. The number of benzene rings is 1. The molecule has 158 valence electrons. The summed E-state index contributed by atoms with van der Waals surface area (Å²) in [6.07, 6.45) is 1.67. The monoisotopic (exact) mass is 417 g/mol. The first-order valence-corrected chi connectivity index (χ1v) is 11.0. The van der Waals surface area contributed by atoms with Gasteiger partial charge in [-0.1, -0.05) is 37.7 Å². The second kappa shape index (κ2) is 11.0. The van der Waals surface area contributed by atoms with Gasteiger partial charge in [-0.15, -0.1) is 10.2 Å². The Balaban J connectivity index is 2.11. The molecule has 0 radical (unpaired) electrons. The Hall–Kier alpha value is -2.35. The second-order valence-corrected chi connectivity index (χ2v) is 8.05. The Kier molecular flexibility index (Phi) is 8.70. The van der Waals surface area contributed by atoms with Crippen LogP contribution in [0.2, 0.25) is 0 Å². The van der Waals surface area contributed by atoms with Crippen LogP contribution < -0.4 is 5.32 Å². The zero-order valence-corrected chi connectivity index (χ0v) is 18.8. The van der Waals surface area contributed by atoms with Gasteiger partial charge in [0.05, 0.1) is 18.0 Å². The molecule has 1 aromatic carbocycles. The molecule has 1 aromatic heterocycles. The molecule has 29 heavy (non-hydrogen) atoms. The molecule has 0 bridgehead atoms. The van der Waals surface area contributed by atoms with E-state index in [0.717, 1.165) is 35.5 Å². The molecule has 0 aliphatic carbocycles. The Bertz CT molecular complexity index is 850. The van der Waals surface area contributed by atoms with Gasteiger partial charge in [0.25, 0.3) is 0 Å². The number of hydrogen-bond donors (Lipinski definition) is 1. The standard InChI is InChI=1S/C21H31N5O2S/c1-6-10-22-19(27)13-25(11-7-2)20(28)14-29-21-24-23-17(5)26(21)18-12-15(3)8-9-16(18)4/h8-9,12H,6-7,10-11,13-14H2,1-5H3,(H,22,27). The van der Waals surface area contributed by atoms with Crippen LogP contribution >= 0.6 is 11.8 Å². The molecule has 0 atom stereocenters. The Morgan fingerprint density at radius 1 is 1.14 bits per heavy atom. The first-order valence-electron chi connectivity index (χ1n) is 10.0. The predicted molar refractivity (Wildman–Crippen MR) is 116 cm³/mol. The number of nitrogens with zero attached hydrogens (tertiary/aromatic N) is 4. The molecule has 0 unspecified atom stereocenters.